The molecule has 0 atom stereocenters. The topological polar surface area (TPSA) is 49.4 Å². The van der Waals surface area contributed by atoms with Crippen LogP contribution in [0.3, 0.4) is 0 Å². The number of hydrogen-bond donors (Lipinski definition) is 1. The van der Waals surface area contributed by atoms with Crippen molar-refractivity contribution < 1.29 is 18.4 Å². The number of anilines is 1. The smallest absolute Gasteiger partial charge is 0.255 e. The third-order valence-corrected chi connectivity index (χ3v) is 4.18. The van der Waals surface area contributed by atoms with Crippen LogP contribution in [0.15, 0.2) is 72.8 Å². The molecule has 3 aromatic carbocycles. The monoisotopic (exact) mass is 380 g/mol. The molecule has 0 radical (unpaired) electrons. The van der Waals surface area contributed by atoms with Crippen molar-refractivity contribution >= 4 is 17.5 Å². The molecule has 0 heterocycles. The number of hydrogen-bond acceptors (Lipinski definition) is 2. The molecule has 3 rings (SSSR count). The van der Waals surface area contributed by atoms with Crippen LogP contribution < -0.4 is 5.32 Å². The van der Waals surface area contributed by atoms with Gasteiger partial charge in [-0.15, -0.1) is 0 Å². The van der Waals surface area contributed by atoms with Crippen molar-refractivity contribution in [3.8, 4) is 0 Å². The number of nitrogens with zero attached hydrogens (tertiary/aromatic N) is 1. The van der Waals surface area contributed by atoms with Crippen LogP contribution in [0.1, 0.15) is 26.3 Å². The zero-order chi connectivity index (χ0) is 20.1. The predicted octanol–water partition coefficient (Wildman–Crippen LogP) is 4.49. The highest BCUT2D eigenvalue weighted by Crippen LogP contribution is 2.15. The molecule has 0 bridgehead atoms. The molecule has 0 aliphatic carbocycles. The van der Waals surface area contributed by atoms with Crippen molar-refractivity contribution in [3.63, 3.8) is 0 Å². The first-order chi connectivity index (χ1) is 13.4. The van der Waals surface area contributed by atoms with Gasteiger partial charge in [-0.05, 0) is 54.1 Å². The molecular weight excluding hydrogens is 362 g/mol. The third-order valence-electron chi connectivity index (χ3n) is 4.18. The molecule has 4 nitrogen and oxygen atoms in total. The van der Waals surface area contributed by atoms with Crippen LogP contribution >= 0.6 is 0 Å². The van der Waals surface area contributed by atoms with E-state index in [2.05, 4.69) is 5.32 Å². The molecule has 3 aromatic rings. The maximum Gasteiger partial charge on any atom is 0.255 e. The number of carbonyl (C=O) groups is 2. The van der Waals surface area contributed by atoms with Gasteiger partial charge in [0.1, 0.15) is 0 Å². The molecule has 0 unspecified atom stereocenters. The lowest BCUT2D eigenvalue weighted by Crippen LogP contribution is -2.26. The Hall–Kier alpha value is -3.54. The van der Waals surface area contributed by atoms with E-state index < -0.39 is 11.6 Å². The summed E-state index contributed by atoms with van der Waals surface area (Å²) in [6.45, 7) is 0.141. The van der Waals surface area contributed by atoms with Gasteiger partial charge in [-0.2, -0.15) is 0 Å². The van der Waals surface area contributed by atoms with Gasteiger partial charge in [0.2, 0.25) is 0 Å². The van der Waals surface area contributed by atoms with Crippen LogP contribution in [0.25, 0.3) is 0 Å². The van der Waals surface area contributed by atoms with Gasteiger partial charge in [0.15, 0.2) is 11.6 Å². The summed E-state index contributed by atoms with van der Waals surface area (Å²) >= 11 is 0. The van der Waals surface area contributed by atoms with E-state index in [1.807, 2.05) is 6.07 Å². The lowest BCUT2D eigenvalue weighted by Gasteiger charge is -2.18. The summed E-state index contributed by atoms with van der Waals surface area (Å²) in [5.41, 5.74) is 2.01. The third kappa shape index (κ3) is 4.59. The molecule has 28 heavy (non-hydrogen) atoms. The summed E-state index contributed by atoms with van der Waals surface area (Å²) in [7, 11) is 1.58. The normalized spacial score (nSPS) is 10.4. The molecule has 0 saturated carbocycles. The molecule has 0 aliphatic rings. The van der Waals surface area contributed by atoms with Crippen LogP contribution in [0, 0.1) is 11.6 Å². The second-order valence-electron chi connectivity index (χ2n) is 6.31. The number of nitrogens with one attached hydrogen (secondary N) is 1. The molecule has 1 N–H and O–H groups in total. The minimum Gasteiger partial charge on any atom is -0.337 e. The molecule has 0 aromatic heterocycles. The van der Waals surface area contributed by atoms with Gasteiger partial charge >= 0.3 is 0 Å². The molecule has 0 spiro atoms. The highest BCUT2D eigenvalue weighted by Gasteiger charge is 2.14. The van der Waals surface area contributed by atoms with E-state index in [1.165, 1.54) is 11.0 Å². The summed E-state index contributed by atoms with van der Waals surface area (Å²) in [4.78, 5) is 26.1. The van der Waals surface area contributed by atoms with Crippen LogP contribution in [0.5, 0.6) is 0 Å². The van der Waals surface area contributed by atoms with Gasteiger partial charge in [0.05, 0.1) is 0 Å². The quantitative estimate of drug-likeness (QED) is 0.709. The van der Waals surface area contributed by atoms with E-state index in [1.54, 1.807) is 55.6 Å². The molecule has 2 amide bonds. The summed E-state index contributed by atoms with van der Waals surface area (Å²) in [5.74, 6) is -2.39. The van der Waals surface area contributed by atoms with Gasteiger partial charge in [-0.1, -0.05) is 24.3 Å². The Bertz CT molecular complexity index is 989. The summed E-state index contributed by atoms with van der Waals surface area (Å²) in [5, 5.41) is 2.76. The van der Waals surface area contributed by atoms with Gasteiger partial charge < -0.3 is 10.2 Å². The van der Waals surface area contributed by atoms with E-state index in [0.717, 1.165) is 12.1 Å². The zero-order valence-electron chi connectivity index (χ0n) is 15.2. The Kier molecular flexibility index (Phi) is 5.79. The van der Waals surface area contributed by atoms with Gasteiger partial charge in [0, 0.05) is 30.4 Å². The highest BCUT2D eigenvalue weighted by atomic mass is 19.2. The Morgan fingerprint density at radius 2 is 1.54 bits per heavy atom. The number of rotatable bonds is 5. The SMILES string of the molecule is CN(Cc1ccc(F)c(F)c1)C(=O)c1ccc(NC(=O)c2ccccc2)cc1. The Labute approximate surface area is 161 Å². The first kappa shape index (κ1) is 19.2. The zero-order valence-corrected chi connectivity index (χ0v) is 15.2. The molecule has 0 saturated heterocycles. The van der Waals surface area contributed by atoms with Crippen LogP contribution in [0.4, 0.5) is 14.5 Å². The number of amides is 2. The minimum absolute atomic E-state index is 0.141. The largest absolute Gasteiger partial charge is 0.337 e. The lowest BCUT2D eigenvalue weighted by atomic mass is 10.1. The Balaban J connectivity index is 1.64. The lowest BCUT2D eigenvalue weighted by molar-refractivity contribution is 0.0785. The number of halogens is 2. The van der Waals surface area contributed by atoms with Gasteiger partial charge in [-0.3, -0.25) is 9.59 Å². The van der Waals surface area contributed by atoms with Crippen molar-refractivity contribution in [1.82, 2.24) is 4.90 Å². The van der Waals surface area contributed by atoms with Crippen LogP contribution in [-0.2, 0) is 6.54 Å². The fraction of sp³-hybridized carbons (Fsp3) is 0.0909. The van der Waals surface area contributed by atoms with Crippen LogP contribution in [0.2, 0.25) is 0 Å². The van der Waals surface area contributed by atoms with E-state index in [0.29, 0.717) is 22.4 Å². The fourth-order valence-electron chi connectivity index (χ4n) is 2.69. The second-order valence-corrected chi connectivity index (χ2v) is 6.31. The van der Waals surface area contributed by atoms with Crippen molar-refractivity contribution in [1.29, 1.82) is 0 Å². The minimum atomic E-state index is -0.947. The standard InChI is InChI=1S/C22H18F2N2O2/c1-26(14-15-7-12-19(23)20(24)13-15)22(28)17-8-10-18(11-9-17)25-21(27)16-5-3-2-4-6-16/h2-13H,14H2,1H3,(H,25,27). The first-order valence-electron chi connectivity index (χ1n) is 8.60. The highest BCUT2D eigenvalue weighted by molar-refractivity contribution is 6.04. The van der Waals surface area contributed by atoms with Crippen molar-refractivity contribution in [3.05, 3.63) is 101 Å². The molecular formula is C22H18F2N2O2. The van der Waals surface area contributed by atoms with E-state index in [4.69, 9.17) is 0 Å². The first-order valence-corrected chi connectivity index (χ1v) is 8.60. The molecule has 6 heteroatoms. The average molecular weight is 380 g/mol. The second kappa shape index (κ2) is 8.43. The van der Waals surface area contributed by atoms with Crippen molar-refractivity contribution in [2.75, 3.05) is 12.4 Å². The summed E-state index contributed by atoms with van der Waals surface area (Å²) < 4.78 is 26.3. The molecule has 0 aliphatic heterocycles. The number of benzene rings is 3. The Morgan fingerprint density at radius 1 is 0.857 bits per heavy atom. The maximum absolute atomic E-state index is 13.3. The molecule has 0 fully saturated rings. The predicted molar refractivity (Wildman–Crippen MR) is 103 cm³/mol. The fourth-order valence-corrected chi connectivity index (χ4v) is 2.69. The summed E-state index contributed by atoms with van der Waals surface area (Å²) in [6, 6.07) is 18.8. The van der Waals surface area contributed by atoms with Gasteiger partial charge in [-0.25, -0.2) is 8.78 Å². The maximum atomic E-state index is 13.3. The average Bonchev–Trinajstić information content (AvgIpc) is 2.71. The van der Waals surface area contributed by atoms with Crippen LogP contribution in [-0.4, -0.2) is 23.8 Å². The van der Waals surface area contributed by atoms with Crippen molar-refractivity contribution in [2.24, 2.45) is 0 Å². The number of carbonyl (C=O) groups excluding carboxylic acids is 2. The van der Waals surface area contributed by atoms with E-state index >= 15 is 0 Å². The van der Waals surface area contributed by atoms with E-state index in [-0.39, 0.29) is 18.4 Å². The summed E-state index contributed by atoms with van der Waals surface area (Å²) in [6.07, 6.45) is 0. The van der Waals surface area contributed by atoms with Gasteiger partial charge in [0.25, 0.3) is 11.8 Å². The van der Waals surface area contributed by atoms with E-state index in [9.17, 15) is 18.4 Å². The molecule has 142 valence electrons. The Morgan fingerprint density at radius 3 is 2.18 bits per heavy atom. The van der Waals surface area contributed by atoms with Crippen molar-refractivity contribution in [2.45, 2.75) is 6.54 Å².